The third kappa shape index (κ3) is 5.01. The summed E-state index contributed by atoms with van der Waals surface area (Å²) in [6.45, 7) is 10.6. The van der Waals surface area contributed by atoms with E-state index in [9.17, 15) is 9.50 Å². The summed E-state index contributed by atoms with van der Waals surface area (Å²) in [6, 6.07) is 1.44. The molecule has 1 N–H and O–H groups in total. The number of hydrogen-bond donors (Lipinski definition) is 1. The summed E-state index contributed by atoms with van der Waals surface area (Å²) in [5, 5.41) is 10.0. The Labute approximate surface area is 116 Å². The van der Waals surface area contributed by atoms with Gasteiger partial charge in [-0.1, -0.05) is 20.8 Å². The summed E-state index contributed by atoms with van der Waals surface area (Å²) < 4.78 is 18.8. The van der Waals surface area contributed by atoms with E-state index in [1.807, 2.05) is 0 Å². The van der Waals surface area contributed by atoms with Crippen LogP contribution in [-0.4, -0.2) is 24.7 Å². The Balaban J connectivity index is 2.50. The third-order valence-electron chi connectivity index (χ3n) is 3.68. The monoisotopic (exact) mass is 285 g/mol. The molecule has 0 amide bonds. The first-order valence-electron chi connectivity index (χ1n) is 6.57. The molecule has 1 rings (SSSR count). The van der Waals surface area contributed by atoms with Gasteiger partial charge in [-0.25, -0.2) is 4.39 Å². The van der Waals surface area contributed by atoms with Gasteiger partial charge >= 0.3 is 0 Å². The number of aromatic nitrogens is 1. The molecule has 1 atom stereocenters. The molecule has 0 bridgehead atoms. The van der Waals surface area contributed by atoms with Crippen molar-refractivity contribution in [2.75, 3.05) is 0 Å². The highest BCUT2D eigenvalue weighted by Gasteiger charge is 2.38. The molecule has 1 aromatic rings. The van der Waals surface area contributed by atoms with Gasteiger partial charge in [-0.15, -0.1) is 0 Å². The topological polar surface area (TPSA) is 42.4 Å². The van der Waals surface area contributed by atoms with Gasteiger partial charge in [-0.2, -0.15) is 0 Å². The largest absolute Gasteiger partial charge is 0.392 e. The van der Waals surface area contributed by atoms with Crippen molar-refractivity contribution in [2.45, 2.75) is 58.0 Å². The average molecular weight is 285 g/mol. The van der Waals surface area contributed by atoms with Crippen molar-refractivity contribution in [3.8, 4) is 0 Å². The fourth-order valence-corrected chi connectivity index (χ4v) is 2.61. The van der Waals surface area contributed by atoms with Crippen molar-refractivity contribution in [3.05, 3.63) is 29.8 Å². The van der Waals surface area contributed by atoms with Crippen LogP contribution in [0.3, 0.4) is 0 Å². The zero-order valence-corrected chi connectivity index (χ0v) is 13.4. The number of aliphatic hydroxyl groups excluding tert-OH is 1. The van der Waals surface area contributed by atoms with Gasteiger partial charge in [0.2, 0.25) is 0 Å². The summed E-state index contributed by atoms with van der Waals surface area (Å²) >= 11 is 0. The fourth-order valence-electron chi connectivity index (χ4n) is 1.46. The maximum Gasteiger partial charge on any atom is 0.195 e. The zero-order valence-electron chi connectivity index (χ0n) is 12.4. The van der Waals surface area contributed by atoms with Crippen LogP contribution in [0.1, 0.15) is 32.8 Å². The Morgan fingerprint density at radius 3 is 2.53 bits per heavy atom. The van der Waals surface area contributed by atoms with Crippen LogP contribution >= 0.6 is 0 Å². The fraction of sp³-hybridized carbons (Fsp3) is 0.643. The maximum atomic E-state index is 13.0. The number of pyridine rings is 1. The molecule has 0 aliphatic carbocycles. The molecule has 19 heavy (non-hydrogen) atoms. The van der Waals surface area contributed by atoms with Gasteiger partial charge in [0.15, 0.2) is 8.32 Å². The Kier molecular flexibility index (Phi) is 5.23. The summed E-state index contributed by atoms with van der Waals surface area (Å²) in [4.78, 5) is 3.79. The average Bonchev–Trinajstić information content (AvgIpc) is 2.24. The zero-order chi connectivity index (χ0) is 14.7. The molecule has 1 unspecified atom stereocenters. The Morgan fingerprint density at radius 2 is 2.00 bits per heavy atom. The second-order valence-corrected chi connectivity index (χ2v) is 11.1. The van der Waals surface area contributed by atoms with E-state index in [1.165, 1.54) is 12.3 Å². The quantitative estimate of drug-likeness (QED) is 0.665. The standard InChI is InChI=1S/C14H24FNO2Si/c1-14(2,3)19(4,5)18-13(17)7-6-11-8-12(15)10-16-9-11/h8-10,13,17H,6-7H2,1-5H3. The van der Waals surface area contributed by atoms with Gasteiger partial charge < -0.3 is 9.53 Å². The molecule has 0 saturated carbocycles. The lowest BCUT2D eigenvalue weighted by Gasteiger charge is -2.37. The minimum atomic E-state index is -1.96. The minimum absolute atomic E-state index is 0.0639. The maximum absolute atomic E-state index is 13.0. The molecule has 5 heteroatoms. The Morgan fingerprint density at radius 1 is 1.37 bits per heavy atom. The van der Waals surface area contributed by atoms with E-state index in [-0.39, 0.29) is 10.9 Å². The van der Waals surface area contributed by atoms with Crippen LogP contribution < -0.4 is 0 Å². The summed E-state index contributed by atoms with van der Waals surface area (Å²) in [5.41, 5.74) is 0.776. The summed E-state index contributed by atoms with van der Waals surface area (Å²) in [6.07, 6.45) is 3.00. The van der Waals surface area contributed by atoms with Crippen molar-refractivity contribution in [1.29, 1.82) is 0 Å². The first-order valence-corrected chi connectivity index (χ1v) is 9.48. The van der Waals surface area contributed by atoms with Crippen molar-refractivity contribution in [1.82, 2.24) is 4.98 Å². The molecule has 0 radical (unpaired) electrons. The molecule has 1 heterocycles. The van der Waals surface area contributed by atoms with Crippen LogP contribution in [0.15, 0.2) is 18.5 Å². The lowest BCUT2D eigenvalue weighted by molar-refractivity contribution is -0.0333. The van der Waals surface area contributed by atoms with Gasteiger partial charge in [0.1, 0.15) is 12.1 Å². The molecule has 0 spiro atoms. The number of nitrogens with zero attached hydrogens (tertiary/aromatic N) is 1. The first kappa shape index (κ1) is 16.3. The van der Waals surface area contributed by atoms with Crippen LogP contribution in [0, 0.1) is 5.82 Å². The molecular weight excluding hydrogens is 261 g/mol. The van der Waals surface area contributed by atoms with Crippen LogP contribution in [-0.2, 0) is 10.8 Å². The Bertz CT molecular complexity index is 418. The van der Waals surface area contributed by atoms with Crippen LogP contribution in [0.2, 0.25) is 18.1 Å². The Hall–Kier alpha value is -0.783. The molecule has 0 fully saturated rings. The second-order valence-electron chi connectivity index (χ2n) is 6.38. The number of rotatable bonds is 5. The molecule has 108 valence electrons. The highest BCUT2D eigenvalue weighted by Crippen LogP contribution is 2.37. The van der Waals surface area contributed by atoms with Crippen LogP contribution in [0.25, 0.3) is 0 Å². The minimum Gasteiger partial charge on any atom is -0.392 e. The van der Waals surface area contributed by atoms with Gasteiger partial charge in [-0.05, 0) is 36.2 Å². The van der Waals surface area contributed by atoms with E-state index >= 15 is 0 Å². The first-order chi connectivity index (χ1) is 8.62. The lowest BCUT2D eigenvalue weighted by Crippen LogP contribution is -2.44. The van der Waals surface area contributed by atoms with Gasteiger partial charge in [-0.3, -0.25) is 4.98 Å². The molecule has 0 aliphatic rings. The van der Waals surface area contributed by atoms with Crippen molar-refractivity contribution >= 4 is 8.32 Å². The van der Waals surface area contributed by atoms with E-state index in [1.54, 1.807) is 6.20 Å². The molecule has 1 aromatic heterocycles. The smallest absolute Gasteiger partial charge is 0.195 e. The molecule has 0 aromatic carbocycles. The molecule has 0 saturated heterocycles. The van der Waals surface area contributed by atoms with Crippen molar-refractivity contribution < 1.29 is 13.9 Å². The van der Waals surface area contributed by atoms with E-state index in [4.69, 9.17) is 4.43 Å². The third-order valence-corrected chi connectivity index (χ3v) is 8.15. The van der Waals surface area contributed by atoms with Gasteiger partial charge in [0.25, 0.3) is 0 Å². The lowest BCUT2D eigenvalue weighted by atomic mass is 10.1. The van der Waals surface area contributed by atoms with Crippen molar-refractivity contribution in [2.24, 2.45) is 0 Å². The predicted octanol–water partition coefficient (Wildman–Crippen LogP) is 3.49. The molecule has 3 nitrogen and oxygen atoms in total. The number of aliphatic hydroxyl groups is 1. The van der Waals surface area contributed by atoms with Crippen LogP contribution in [0.4, 0.5) is 4.39 Å². The van der Waals surface area contributed by atoms with E-state index in [0.717, 1.165) is 5.56 Å². The van der Waals surface area contributed by atoms with Crippen LogP contribution in [0.5, 0.6) is 0 Å². The number of halogens is 1. The van der Waals surface area contributed by atoms with Crippen molar-refractivity contribution in [3.63, 3.8) is 0 Å². The van der Waals surface area contributed by atoms with E-state index in [2.05, 4.69) is 38.8 Å². The predicted molar refractivity (Wildman–Crippen MR) is 76.8 cm³/mol. The second kappa shape index (κ2) is 6.11. The SMILES string of the molecule is CC(C)(C)[Si](C)(C)OC(O)CCc1cncc(F)c1. The highest BCUT2D eigenvalue weighted by atomic mass is 28.4. The molecular formula is C14H24FNO2Si. The van der Waals surface area contributed by atoms with Gasteiger partial charge in [0.05, 0.1) is 6.20 Å². The number of hydrogen-bond acceptors (Lipinski definition) is 3. The highest BCUT2D eigenvalue weighted by molar-refractivity contribution is 6.74. The summed E-state index contributed by atoms with van der Waals surface area (Å²) in [5.74, 6) is -0.350. The van der Waals surface area contributed by atoms with E-state index < -0.39 is 14.6 Å². The van der Waals surface area contributed by atoms with Gasteiger partial charge in [0, 0.05) is 12.6 Å². The van der Waals surface area contributed by atoms with E-state index in [0.29, 0.717) is 12.8 Å². The summed E-state index contributed by atoms with van der Waals surface area (Å²) in [7, 11) is -1.96. The number of aryl methyl sites for hydroxylation is 1. The normalized spacial score (nSPS) is 14.5. The molecule has 0 aliphatic heterocycles.